The highest BCUT2D eigenvalue weighted by Crippen LogP contribution is 2.29. The van der Waals surface area contributed by atoms with Crippen molar-refractivity contribution in [3.05, 3.63) is 92.9 Å². The van der Waals surface area contributed by atoms with E-state index in [9.17, 15) is 4.79 Å². The molecule has 0 aliphatic rings. The lowest BCUT2D eigenvalue weighted by Crippen LogP contribution is -2.27. The van der Waals surface area contributed by atoms with E-state index in [1.807, 2.05) is 54.6 Å². The Morgan fingerprint density at radius 3 is 2.27 bits per heavy atom. The van der Waals surface area contributed by atoms with Gasteiger partial charge in [-0.15, -0.1) is 0 Å². The van der Waals surface area contributed by atoms with Crippen molar-refractivity contribution in [2.24, 2.45) is 0 Å². The molecule has 2 N–H and O–H groups in total. The van der Waals surface area contributed by atoms with Crippen LogP contribution in [0.4, 0.5) is 11.4 Å². The van der Waals surface area contributed by atoms with Gasteiger partial charge in [0.15, 0.2) is 0 Å². The Morgan fingerprint density at radius 2 is 1.58 bits per heavy atom. The highest BCUT2D eigenvalue weighted by molar-refractivity contribution is 9.10. The van der Waals surface area contributed by atoms with Gasteiger partial charge in [-0.05, 0) is 51.8 Å². The summed E-state index contributed by atoms with van der Waals surface area (Å²) in [5.41, 5.74) is 2.24. The van der Waals surface area contributed by atoms with Crippen molar-refractivity contribution < 1.29 is 4.79 Å². The van der Waals surface area contributed by atoms with Crippen molar-refractivity contribution >= 4 is 56.4 Å². The molecule has 3 aromatic rings. The molecule has 0 radical (unpaired) electrons. The van der Waals surface area contributed by atoms with E-state index in [0.717, 1.165) is 10.0 Å². The Morgan fingerprint density at radius 1 is 0.885 bits per heavy atom. The largest absolute Gasteiger partial charge is 0.370 e. The SMILES string of the molecule is O=C(Nc1ccccc1Br)C(Nc1ccc(Cl)c(Cl)c1)c1ccccc1. The molecule has 0 heterocycles. The Labute approximate surface area is 170 Å². The number of hydrogen-bond donors (Lipinski definition) is 2. The molecule has 132 valence electrons. The van der Waals surface area contributed by atoms with Crippen LogP contribution in [0, 0.1) is 0 Å². The van der Waals surface area contributed by atoms with Crippen LogP contribution >= 0.6 is 39.1 Å². The molecule has 0 aliphatic carbocycles. The van der Waals surface area contributed by atoms with Crippen molar-refractivity contribution in [1.82, 2.24) is 0 Å². The maximum atomic E-state index is 13.0. The fourth-order valence-electron chi connectivity index (χ4n) is 2.47. The Bertz CT molecular complexity index is 919. The zero-order chi connectivity index (χ0) is 18.5. The standard InChI is InChI=1S/C20H15BrCl2N2O/c21-15-8-4-5-9-18(15)25-20(26)19(13-6-2-1-3-7-13)24-14-10-11-16(22)17(23)12-14/h1-12,19,24H,(H,25,26). The zero-order valence-corrected chi connectivity index (χ0v) is 16.6. The number of nitrogens with one attached hydrogen (secondary N) is 2. The summed E-state index contributed by atoms with van der Waals surface area (Å²) in [7, 11) is 0. The summed E-state index contributed by atoms with van der Waals surface area (Å²) in [6.45, 7) is 0. The molecule has 1 atom stereocenters. The van der Waals surface area contributed by atoms with Gasteiger partial charge in [0.1, 0.15) is 6.04 Å². The van der Waals surface area contributed by atoms with E-state index in [1.54, 1.807) is 18.2 Å². The molecular weight excluding hydrogens is 435 g/mol. The molecule has 1 amide bonds. The fourth-order valence-corrected chi connectivity index (χ4v) is 3.15. The summed E-state index contributed by atoms with van der Waals surface area (Å²) < 4.78 is 0.815. The minimum absolute atomic E-state index is 0.186. The number of hydrogen-bond acceptors (Lipinski definition) is 2. The molecule has 3 nitrogen and oxygen atoms in total. The summed E-state index contributed by atoms with van der Waals surface area (Å²) >= 11 is 15.5. The highest BCUT2D eigenvalue weighted by Gasteiger charge is 2.21. The van der Waals surface area contributed by atoms with Crippen LogP contribution in [0.5, 0.6) is 0 Å². The third-order valence-corrected chi connectivity index (χ3v) is 5.19. The summed E-state index contributed by atoms with van der Waals surface area (Å²) in [5.74, 6) is -0.186. The lowest BCUT2D eigenvalue weighted by atomic mass is 10.1. The Hall–Kier alpha value is -2.01. The highest BCUT2D eigenvalue weighted by atomic mass is 79.9. The number of amides is 1. The zero-order valence-electron chi connectivity index (χ0n) is 13.5. The molecule has 0 fully saturated rings. The first-order valence-electron chi connectivity index (χ1n) is 7.86. The summed E-state index contributed by atoms with van der Waals surface area (Å²) in [4.78, 5) is 13.0. The summed E-state index contributed by atoms with van der Waals surface area (Å²) in [6.07, 6.45) is 0. The molecule has 0 aromatic heterocycles. The van der Waals surface area contributed by atoms with Gasteiger partial charge in [-0.1, -0.05) is 65.7 Å². The maximum absolute atomic E-state index is 13.0. The molecule has 0 saturated carbocycles. The van der Waals surface area contributed by atoms with E-state index >= 15 is 0 Å². The molecule has 0 aliphatic heterocycles. The van der Waals surface area contributed by atoms with Crippen molar-refractivity contribution in [3.63, 3.8) is 0 Å². The van der Waals surface area contributed by atoms with Gasteiger partial charge in [-0.2, -0.15) is 0 Å². The fraction of sp³-hybridized carbons (Fsp3) is 0.0500. The molecular formula is C20H15BrCl2N2O. The first-order chi connectivity index (χ1) is 12.5. The average molecular weight is 450 g/mol. The Kier molecular flexibility index (Phi) is 6.20. The van der Waals surface area contributed by atoms with E-state index in [4.69, 9.17) is 23.2 Å². The number of anilines is 2. The number of carbonyl (C=O) groups excluding carboxylic acids is 1. The van der Waals surface area contributed by atoms with Gasteiger partial charge in [-0.3, -0.25) is 4.79 Å². The molecule has 0 saturated heterocycles. The van der Waals surface area contributed by atoms with Crippen molar-refractivity contribution in [3.8, 4) is 0 Å². The molecule has 6 heteroatoms. The number of rotatable bonds is 5. The number of carbonyl (C=O) groups is 1. The minimum Gasteiger partial charge on any atom is -0.370 e. The first kappa shape index (κ1) is 18.8. The summed E-state index contributed by atoms with van der Waals surface area (Å²) in [5, 5.41) is 7.07. The van der Waals surface area contributed by atoms with Gasteiger partial charge < -0.3 is 10.6 Å². The van der Waals surface area contributed by atoms with Crippen LogP contribution < -0.4 is 10.6 Å². The molecule has 0 spiro atoms. The maximum Gasteiger partial charge on any atom is 0.251 e. The monoisotopic (exact) mass is 448 g/mol. The van der Waals surface area contributed by atoms with Gasteiger partial charge in [0.05, 0.1) is 15.7 Å². The van der Waals surface area contributed by atoms with Crippen LogP contribution in [0.15, 0.2) is 77.3 Å². The molecule has 26 heavy (non-hydrogen) atoms. The third-order valence-electron chi connectivity index (χ3n) is 3.76. The molecule has 3 aromatic carbocycles. The number of para-hydroxylation sites is 1. The van der Waals surface area contributed by atoms with Crippen molar-refractivity contribution in [2.75, 3.05) is 10.6 Å². The second-order valence-electron chi connectivity index (χ2n) is 5.59. The first-order valence-corrected chi connectivity index (χ1v) is 9.41. The van der Waals surface area contributed by atoms with Gasteiger partial charge in [0.25, 0.3) is 5.91 Å². The van der Waals surface area contributed by atoms with Crippen molar-refractivity contribution in [1.29, 1.82) is 0 Å². The van der Waals surface area contributed by atoms with Gasteiger partial charge >= 0.3 is 0 Å². The van der Waals surface area contributed by atoms with E-state index in [-0.39, 0.29) is 5.91 Å². The minimum atomic E-state index is -0.597. The van der Waals surface area contributed by atoms with Gasteiger partial charge in [0, 0.05) is 10.2 Å². The van der Waals surface area contributed by atoms with Crippen LogP contribution in [0.1, 0.15) is 11.6 Å². The number of benzene rings is 3. The summed E-state index contributed by atoms with van der Waals surface area (Å²) in [6, 6.07) is 21.5. The van der Waals surface area contributed by atoms with Gasteiger partial charge in [0.2, 0.25) is 0 Å². The Balaban J connectivity index is 1.89. The quantitative estimate of drug-likeness (QED) is 0.463. The smallest absolute Gasteiger partial charge is 0.251 e. The molecule has 1 unspecified atom stereocenters. The van der Waals surface area contributed by atoms with E-state index in [1.165, 1.54) is 0 Å². The normalized spacial score (nSPS) is 11.7. The number of halogens is 3. The van der Waals surface area contributed by atoms with Crippen molar-refractivity contribution in [2.45, 2.75) is 6.04 Å². The van der Waals surface area contributed by atoms with E-state index < -0.39 is 6.04 Å². The molecule has 3 rings (SSSR count). The average Bonchev–Trinajstić information content (AvgIpc) is 2.65. The second-order valence-corrected chi connectivity index (χ2v) is 7.25. The van der Waals surface area contributed by atoms with Crippen LogP contribution in [-0.2, 0) is 4.79 Å². The second kappa shape index (κ2) is 8.58. The molecule has 0 bridgehead atoms. The van der Waals surface area contributed by atoms with Gasteiger partial charge in [-0.25, -0.2) is 0 Å². The predicted octanol–water partition coefficient (Wildman–Crippen LogP) is 6.55. The predicted molar refractivity (Wildman–Crippen MR) is 112 cm³/mol. The van der Waals surface area contributed by atoms with Crippen LogP contribution in [0.2, 0.25) is 10.0 Å². The topological polar surface area (TPSA) is 41.1 Å². The third kappa shape index (κ3) is 4.58. The van der Waals surface area contributed by atoms with Crippen LogP contribution in [-0.4, -0.2) is 5.91 Å². The lowest BCUT2D eigenvalue weighted by Gasteiger charge is -2.20. The lowest BCUT2D eigenvalue weighted by molar-refractivity contribution is -0.117. The van der Waals surface area contributed by atoms with Crippen LogP contribution in [0.25, 0.3) is 0 Å². The van der Waals surface area contributed by atoms with Crippen LogP contribution in [0.3, 0.4) is 0 Å². The van der Waals surface area contributed by atoms with E-state index in [0.29, 0.717) is 21.4 Å². The van der Waals surface area contributed by atoms with E-state index in [2.05, 4.69) is 26.6 Å².